The van der Waals surface area contributed by atoms with E-state index in [9.17, 15) is 14.4 Å². The molecule has 27 heavy (non-hydrogen) atoms. The monoisotopic (exact) mass is 379 g/mol. The Morgan fingerprint density at radius 1 is 0.815 bits per heavy atom. The fourth-order valence-corrected chi connectivity index (χ4v) is 3.80. The van der Waals surface area contributed by atoms with Crippen molar-refractivity contribution in [3.63, 3.8) is 0 Å². The van der Waals surface area contributed by atoms with Gasteiger partial charge in [-0.25, -0.2) is 4.79 Å². The van der Waals surface area contributed by atoms with Crippen molar-refractivity contribution in [3.05, 3.63) is 0 Å². The molecule has 7 heteroatoms. The Balaban J connectivity index is 1.39. The highest BCUT2D eigenvalue weighted by Gasteiger charge is 2.35. The van der Waals surface area contributed by atoms with Crippen molar-refractivity contribution in [2.75, 3.05) is 26.2 Å². The average Bonchev–Trinajstić information content (AvgIpc) is 3.46. The van der Waals surface area contributed by atoms with E-state index in [1.54, 1.807) is 4.90 Å². The summed E-state index contributed by atoms with van der Waals surface area (Å²) in [6, 6.07) is 0.205. The van der Waals surface area contributed by atoms with Crippen molar-refractivity contribution >= 4 is 17.9 Å². The van der Waals surface area contributed by atoms with Gasteiger partial charge in [-0.3, -0.25) is 9.59 Å². The van der Waals surface area contributed by atoms with Crippen LogP contribution in [0.2, 0.25) is 0 Å². The number of hydrogen-bond acceptors (Lipinski definition) is 4. The molecule has 0 aromatic heterocycles. The molecule has 152 valence electrons. The van der Waals surface area contributed by atoms with Crippen LogP contribution < -0.4 is 5.32 Å². The molecule has 0 aromatic rings. The number of ether oxygens (including phenoxy) is 1. The van der Waals surface area contributed by atoms with Crippen molar-refractivity contribution in [3.8, 4) is 0 Å². The molecule has 3 amide bonds. The van der Waals surface area contributed by atoms with Crippen molar-refractivity contribution in [1.82, 2.24) is 15.1 Å². The fourth-order valence-electron chi connectivity index (χ4n) is 3.80. The Hall–Kier alpha value is -1.79. The van der Waals surface area contributed by atoms with E-state index >= 15 is 0 Å². The Kier molecular flexibility index (Phi) is 5.96. The number of carbonyl (C=O) groups is 3. The van der Waals surface area contributed by atoms with Gasteiger partial charge in [-0.2, -0.15) is 0 Å². The molecule has 2 heterocycles. The molecular formula is C20H33N3O4. The predicted molar refractivity (Wildman–Crippen MR) is 101 cm³/mol. The second-order valence-corrected chi connectivity index (χ2v) is 9.12. The second kappa shape index (κ2) is 8.07. The van der Waals surface area contributed by atoms with Crippen LogP contribution in [0.4, 0.5) is 4.79 Å². The first kappa shape index (κ1) is 20.0. The molecule has 0 unspecified atom stereocenters. The maximum atomic E-state index is 12.8. The Morgan fingerprint density at radius 3 is 1.89 bits per heavy atom. The van der Waals surface area contributed by atoms with Gasteiger partial charge in [0.2, 0.25) is 11.8 Å². The lowest BCUT2D eigenvalue weighted by Gasteiger charge is -2.37. The third-order valence-corrected chi connectivity index (χ3v) is 5.60. The lowest BCUT2D eigenvalue weighted by Crippen LogP contribution is -2.50. The summed E-state index contributed by atoms with van der Waals surface area (Å²) in [5.74, 6) is 0.612. The maximum Gasteiger partial charge on any atom is 0.410 e. The van der Waals surface area contributed by atoms with Gasteiger partial charge in [0.15, 0.2) is 0 Å². The first-order valence-corrected chi connectivity index (χ1v) is 10.3. The van der Waals surface area contributed by atoms with Crippen LogP contribution in [0.1, 0.15) is 59.3 Å². The number of nitrogens with one attached hydrogen (secondary N) is 1. The summed E-state index contributed by atoms with van der Waals surface area (Å²) in [4.78, 5) is 40.5. The summed E-state index contributed by atoms with van der Waals surface area (Å²) in [5, 5.41) is 3.12. The van der Waals surface area contributed by atoms with Crippen LogP contribution in [0.3, 0.4) is 0 Å². The number of hydrogen-bond donors (Lipinski definition) is 1. The Bertz CT molecular complexity index is 566. The largest absolute Gasteiger partial charge is 0.444 e. The summed E-state index contributed by atoms with van der Waals surface area (Å²) >= 11 is 0. The Labute approximate surface area is 161 Å². The lowest BCUT2D eigenvalue weighted by atomic mass is 9.94. The van der Waals surface area contributed by atoms with Crippen LogP contribution in [0.25, 0.3) is 0 Å². The van der Waals surface area contributed by atoms with Gasteiger partial charge in [-0.05, 0) is 59.3 Å². The van der Waals surface area contributed by atoms with E-state index in [1.807, 2.05) is 25.7 Å². The zero-order valence-corrected chi connectivity index (χ0v) is 16.8. The van der Waals surface area contributed by atoms with E-state index in [1.165, 1.54) is 0 Å². The summed E-state index contributed by atoms with van der Waals surface area (Å²) in [5.41, 5.74) is -0.497. The molecule has 0 radical (unpaired) electrons. The van der Waals surface area contributed by atoms with Gasteiger partial charge in [0.25, 0.3) is 0 Å². The number of rotatable bonds is 3. The molecule has 0 bridgehead atoms. The van der Waals surface area contributed by atoms with Crippen molar-refractivity contribution in [2.24, 2.45) is 11.8 Å². The van der Waals surface area contributed by atoms with Gasteiger partial charge in [0.05, 0.1) is 0 Å². The minimum absolute atomic E-state index is 0.0127. The van der Waals surface area contributed by atoms with Gasteiger partial charge < -0.3 is 19.9 Å². The van der Waals surface area contributed by atoms with Crippen molar-refractivity contribution < 1.29 is 19.1 Å². The predicted octanol–water partition coefficient (Wildman–Crippen LogP) is 2.15. The molecule has 0 spiro atoms. The maximum absolute atomic E-state index is 12.8. The molecule has 0 atom stereocenters. The highest BCUT2D eigenvalue weighted by atomic mass is 16.6. The molecular weight excluding hydrogens is 346 g/mol. The van der Waals surface area contributed by atoms with E-state index in [0.717, 1.165) is 25.7 Å². The van der Waals surface area contributed by atoms with E-state index in [-0.39, 0.29) is 35.8 Å². The summed E-state index contributed by atoms with van der Waals surface area (Å²) in [6.45, 7) is 8.13. The van der Waals surface area contributed by atoms with Crippen molar-refractivity contribution in [1.29, 1.82) is 0 Å². The molecule has 7 nitrogen and oxygen atoms in total. The van der Waals surface area contributed by atoms with Crippen LogP contribution in [-0.2, 0) is 14.3 Å². The Morgan fingerprint density at radius 2 is 1.37 bits per heavy atom. The third kappa shape index (κ3) is 5.59. The first-order chi connectivity index (χ1) is 12.7. The SMILES string of the molecule is CC(C)(C)OC(=O)N1CCC(C(=O)N2CCC(NC(=O)C3CC3)CC2)CC1. The highest BCUT2D eigenvalue weighted by Crippen LogP contribution is 2.29. The van der Waals surface area contributed by atoms with E-state index in [0.29, 0.717) is 39.0 Å². The second-order valence-electron chi connectivity index (χ2n) is 9.12. The van der Waals surface area contributed by atoms with Gasteiger partial charge in [0, 0.05) is 44.1 Å². The molecule has 2 saturated heterocycles. The van der Waals surface area contributed by atoms with Gasteiger partial charge >= 0.3 is 6.09 Å². The van der Waals surface area contributed by atoms with Crippen LogP contribution in [0.15, 0.2) is 0 Å². The fraction of sp³-hybridized carbons (Fsp3) is 0.850. The van der Waals surface area contributed by atoms with Gasteiger partial charge in [-0.15, -0.1) is 0 Å². The molecule has 1 saturated carbocycles. The summed E-state index contributed by atoms with van der Waals surface area (Å²) < 4.78 is 5.41. The molecule has 2 aliphatic heterocycles. The van der Waals surface area contributed by atoms with Gasteiger partial charge in [0.1, 0.15) is 5.60 Å². The summed E-state index contributed by atoms with van der Waals surface area (Å²) in [7, 11) is 0. The lowest BCUT2D eigenvalue weighted by molar-refractivity contribution is -0.138. The minimum atomic E-state index is -0.497. The van der Waals surface area contributed by atoms with Gasteiger partial charge in [-0.1, -0.05) is 0 Å². The third-order valence-electron chi connectivity index (χ3n) is 5.60. The first-order valence-electron chi connectivity index (χ1n) is 10.3. The normalized spacial score (nSPS) is 22.5. The average molecular weight is 380 g/mol. The van der Waals surface area contributed by atoms with Crippen LogP contribution in [0, 0.1) is 11.8 Å². The number of nitrogens with zero attached hydrogens (tertiary/aromatic N) is 2. The molecule has 3 aliphatic rings. The van der Waals surface area contributed by atoms with Crippen molar-refractivity contribution in [2.45, 2.75) is 70.9 Å². The molecule has 0 aromatic carbocycles. The summed E-state index contributed by atoms with van der Waals surface area (Å²) in [6.07, 6.45) is 4.80. The van der Waals surface area contributed by atoms with E-state index < -0.39 is 5.60 Å². The number of likely N-dealkylation sites (tertiary alicyclic amines) is 2. The number of piperidine rings is 2. The van der Waals surface area contributed by atoms with E-state index in [2.05, 4.69) is 5.32 Å². The zero-order valence-electron chi connectivity index (χ0n) is 16.8. The topological polar surface area (TPSA) is 79.0 Å². The zero-order chi connectivity index (χ0) is 19.6. The highest BCUT2D eigenvalue weighted by molar-refractivity contribution is 5.81. The molecule has 1 aliphatic carbocycles. The molecule has 1 N–H and O–H groups in total. The molecule has 3 fully saturated rings. The smallest absolute Gasteiger partial charge is 0.410 e. The van der Waals surface area contributed by atoms with Crippen LogP contribution in [-0.4, -0.2) is 65.5 Å². The number of carbonyl (C=O) groups excluding carboxylic acids is 3. The molecule has 3 rings (SSSR count). The van der Waals surface area contributed by atoms with E-state index in [4.69, 9.17) is 4.74 Å². The van der Waals surface area contributed by atoms with Crippen LogP contribution >= 0.6 is 0 Å². The van der Waals surface area contributed by atoms with Crippen LogP contribution in [0.5, 0.6) is 0 Å². The standard InChI is InChI=1S/C20H33N3O4/c1-20(2,3)27-19(26)23-10-6-15(7-11-23)18(25)22-12-8-16(9-13-22)21-17(24)14-4-5-14/h14-16H,4-13H2,1-3H3,(H,21,24). The number of amides is 3. The quantitative estimate of drug-likeness (QED) is 0.815. The minimum Gasteiger partial charge on any atom is -0.444 e.